The van der Waals surface area contributed by atoms with Gasteiger partial charge in [-0.15, -0.1) is 0 Å². The average molecular weight is 267 g/mol. The molecule has 1 N–H and O–H groups in total. The van der Waals surface area contributed by atoms with Crippen LogP contribution >= 0.6 is 0 Å². The van der Waals surface area contributed by atoms with E-state index < -0.39 is 0 Å². The molecule has 2 rings (SSSR count). The second-order valence-corrected chi connectivity index (χ2v) is 4.87. The van der Waals surface area contributed by atoms with E-state index in [1.807, 2.05) is 0 Å². The Bertz CT molecular complexity index is 567. The number of aliphatic hydroxyl groups is 1. The molecule has 0 heterocycles. The van der Waals surface area contributed by atoms with Gasteiger partial charge in [0.15, 0.2) is 0 Å². The Morgan fingerprint density at radius 3 is 2.00 bits per heavy atom. The van der Waals surface area contributed by atoms with E-state index in [2.05, 4.69) is 67.4 Å². The molecule has 0 aliphatic heterocycles. The number of nitrogens with zero attached hydrogens (tertiary/aromatic N) is 1. The number of aliphatic hydroxyl groups excluding tert-OH is 1. The predicted molar refractivity (Wildman–Crippen MR) is 84.6 cm³/mol. The lowest BCUT2D eigenvalue weighted by atomic mass is 9.99. The molecule has 0 radical (unpaired) electrons. The van der Waals surface area contributed by atoms with Crippen molar-refractivity contribution in [3.63, 3.8) is 0 Å². The summed E-state index contributed by atoms with van der Waals surface area (Å²) in [5.74, 6) is 0. The molecular formula is C18H21NO. The lowest BCUT2D eigenvalue weighted by Gasteiger charge is -2.09. The van der Waals surface area contributed by atoms with Gasteiger partial charge in [-0.25, -0.2) is 0 Å². The molecule has 20 heavy (non-hydrogen) atoms. The first kappa shape index (κ1) is 14.5. The number of benzene rings is 2. The van der Waals surface area contributed by atoms with E-state index in [1.54, 1.807) is 0 Å². The lowest BCUT2D eigenvalue weighted by Crippen LogP contribution is -2.06. The minimum Gasteiger partial charge on any atom is -0.394 e. The Morgan fingerprint density at radius 1 is 0.950 bits per heavy atom. The summed E-state index contributed by atoms with van der Waals surface area (Å²) in [5, 5.41) is 9.03. The summed E-state index contributed by atoms with van der Waals surface area (Å²) in [6, 6.07) is 16.8. The maximum atomic E-state index is 9.03. The lowest BCUT2D eigenvalue weighted by molar-refractivity contribution is 0.307. The third kappa shape index (κ3) is 3.55. The average Bonchev–Trinajstić information content (AvgIpc) is 2.50. The van der Waals surface area contributed by atoms with E-state index in [4.69, 9.17) is 5.11 Å². The Labute approximate surface area is 120 Å². The van der Waals surface area contributed by atoms with E-state index in [0.29, 0.717) is 6.54 Å². The summed E-state index contributed by atoms with van der Waals surface area (Å²) < 4.78 is 0. The van der Waals surface area contributed by atoms with Crippen LogP contribution < -0.4 is 0 Å². The van der Waals surface area contributed by atoms with Gasteiger partial charge in [-0.2, -0.15) is 0 Å². The molecule has 2 heteroatoms. The van der Waals surface area contributed by atoms with Crippen molar-refractivity contribution in [1.82, 2.24) is 0 Å². The number of hydrogen-bond acceptors (Lipinski definition) is 2. The van der Waals surface area contributed by atoms with E-state index in [9.17, 15) is 0 Å². The van der Waals surface area contributed by atoms with Crippen molar-refractivity contribution in [2.45, 2.75) is 20.3 Å². The minimum absolute atomic E-state index is 0.0718. The SMILES string of the molecule is CCc1ccc(/C(=N/CCO)c2ccc(C)cc2)cc1. The zero-order valence-corrected chi connectivity index (χ0v) is 12.1. The van der Waals surface area contributed by atoms with Crippen LogP contribution in [0.3, 0.4) is 0 Å². The van der Waals surface area contributed by atoms with Crippen molar-refractivity contribution in [1.29, 1.82) is 0 Å². The summed E-state index contributed by atoms with van der Waals surface area (Å²) >= 11 is 0. The third-order valence-corrected chi connectivity index (χ3v) is 3.33. The van der Waals surface area contributed by atoms with Gasteiger partial charge in [0.25, 0.3) is 0 Å². The zero-order chi connectivity index (χ0) is 14.4. The van der Waals surface area contributed by atoms with E-state index >= 15 is 0 Å². The van der Waals surface area contributed by atoms with Gasteiger partial charge in [0.1, 0.15) is 0 Å². The number of aryl methyl sites for hydroxylation is 2. The second kappa shape index (κ2) is 7.01. The van der Waals surface area contributed by atoms with Crippen molar-refractivity contribution in [3.05, 3.63) is 70.8 Å². The Kier molecular flexibility index (Phi) is 5.08. The largest absolute Gasteiger partial charge is 0.394 e. The highest BCUT2D eigenvalue weighted by atomic mass is 16.3. The van der Waals surface area contributed by atoms with Crippen LogP contribution in [0.15, 0.2) is 53.5 Å². The topological polar surface area (TPSA) is 32.6 Å². The molecule has 0 bridgehead atoms. The van der Waals surface area contributed by atoms with E-state index in [1.165, 1.54) is 11.1 Å². The van der Waals surface area contributed by atoms with Crippen LogP contribution in [0.25, 0.3) is 0 Å². The summed E-state index contributed by atoms with van der Waals surface area (Å²) in [4.78, 5) is 4.53. The Hall–Kier alpha value is -1.93. The molecule has 2 nitrogen and oxygen atoms in total. The third-order valence-electron chi connectivity index (χ3n) is 3.33. The van der Waals surface area contributed by atoms with Crippen molar-refractivity contribution in [2.75, 3.05) is 13.2 Å². The fraction of sp³-hybridized carbons (Fsp3) is 0.278. The Balaban J connectivity index is 2.38. The maximum absolute atomic E-state index is 9.03. The molecule has 0 spiro atoms. The van der Waals surface area contributed by atoms with Crippen molar-refractivity contribution in [3.8, 4) is 0 Å². The van der Waals surface area contributed by atoms with Crippen LogP contribution in [0.1, 0.15) is 29.2 Å². The summed E-state index contributed by atoms with van der Waals surface area (Å²) in [5.41, 5.74) is 5.69. The molecular weight excluding hydrogens is 246 g/mol. The highest BCUT2D eigenvalue weighted by Crippen LogP contribution is 2.14. The molecule has 0 unspecified atom stereocenters. The van der Waals surface area contributed by atoms with Gasteiger partial charge in [0, 0.05) is 11.1 Å². The quantitative estimate of drug-likeness (QED) is 0.828. The molecule has 0 amide bonds. The minimum atomic E-state index is 0.0718. The van der Waals surface area contributed by atoms with Crippen LogP contribution in [0.5, 0.6) is 0 Å². The first-order valence-corrected chi connectivity index (χ1v) is 7.06. The van der Waals surface area contributed by atoms with Gasteiger partial charge in [0.2, 0.25) is 0 Å². The van der Waals surface area contributed by atoms with Gasteiger partial charge < -0.3 is 5.11 Å². The fourth-order valence-corrected chi connectivity index (χ4v) is 2.12. The van der Waals surface area contributed by atoms with Gasteiger partial charge in [-0.05, 0) is 18.9 Å². The normalized spacial score (nSPS) is 11.7. The van der Waals surface area contributed by atoms with Gasteiger partial charge >= 0.3 is 0 Å². The first-order chi connectivity index (χ1) is 9.74. The number of rotatable bonds is 5. The maximum Gasteiger partial charge on any atom is 0.0719 e. The molecule has 0 aliphatic carbocycles. The monoisotopic (exact) mass is 267 g/mol. The van der Waals surface area contributed by atoms with Crippen molar-refractivity contribution < 1.29 is 5.11 Å². The zero-order valence-electron chi connectivity index (χ0n) is 12.1. The van der Waals surface area contributed by atoms with Gasteiger partial charge in [-0.3, -0.25) is 4.99 Å². The van der Waals surface area contributed by atoms with Crippen molar-refractivity contribution >= 4 is 5.71 Å². The summed E-state index contributed by atoms with van der Waals surface area (Å²) in [7, 11) is 0. The smallest absolute Gasteiger partial charge is 0.0719 e. The molecule has 104 valence electrons. The molecule has 2 aromatic rings. The molecule has 0 aromatic heterocycles. The molecule has 0 saturated carbocycles. The molecule has 0 aliphatic rings. The number of hydrogen-bond donors (Lipinski definition) is 1. The van der Waals surface area contributed by atoms with E-state index in [0.717, 1.165) is 23.3 Å². The first-order valence-electron chi connectivity index (χ1n) is 7.06. The van der Waals surface area contributed by atoms with Crippen LogP contribution in [0.2, 0.25) is 0 Å². The van der Waals surface area contributed by atoms with Crippen LogP contribution in [-0.2, 0) is 6.42 Å². The molecule has 2 aromatic carbocycles. The molecule has 0 atom stereocenters. The van der Waals surface area contributed by atoms with E-state index in [-0.39, 0.29) is 6.61 Å². The highest BCUT2D eigenvalue weighted by molar-refractivity contribution is 6.12. The van der Waals surface area contributed by atoms with Gasteiger partial charge in [-0.1, -0.05) is 61.0 Å². The summed E-state index contributed by atoms with van der Waals surface area (Å²) in [6.07, 6.45) is 1.04. The standard InChI is InChI=1S/C18H21NO/c1-3-15-6-10-17(11-7-15)18(19-12-13-20)16-8-4-14(2)5-9-16/h4-11,20H,3,12-13H2,1-2H3/b19-18+. The Morgan fingerprint density at radius 2 is 1.50 bits per heavy atom. The summed E-state index contributed by atoms with van der Waals surface area (Å²) in [6.45, 7) is 4.72. The number of aliphatic imine (C=N–C) groups is 1. The van der Waals surface area contributed by atoms with Crippen molar-refractivity contribution in [2.24, 2.45) is 4.99 Å². The van der Waals surface area contributed by atoms with Crippen LogP contribution in [0, 0.1) is 6.92 Å². The fourth-order valence-electron chi connectivity index (χ4n) is 2.12. The van der Waals surface area contributed by atoms with Crippen LogP contribution in [0.4, 0.5) is 0 Å². The second-order valence-electron chi connectivity index (χ2n) is 4.87. The predicted octanol–water partition coefficient (Wildman–Crippen LogP) is 3.39. The highest BCUT2D eigenvalue weighted by Gasteiger charge is 2.06. The van der Waals surface area contributed by atoms with Crippen LogP contribution in [-0.4, -0.2) is 24.0 Å². The van der Waals surface area contributed by atoms with Gasteiger partial charge in [0.05, 0.1) is 18.9 Å². The molecule has 0 saturated heterocycles. The molecule has 0 fully saturated rings.